The van der Waals surface area contributed by atoms with Gasteiger partial charge in [0.15, 0.2) is 0 Å². The number of nitrogens with one attached hydrogen (secondary N) is 2. The maximum Gasteiger partial charge on any atom is 0.227 e. The molecule has 0 aliphatic heterocycles. The molecule has 2 rings (SSSR count). The fraction of sp³-hybridized carbons (Fsp3) is 0.353. The van der Waals surface area contributed by atoms with Crippen LogP contribution in [-0.2, 0) is 4.79 Å². The van der Waals surface area contributed by atoms with Gasteiger partial charge in [-0.15, -0.1) is 0 Å². The van der Waals surface area contributed by atoms with Crippen LogP contribution in [0.2, 0.25) is 0 Å². The van der Waals surface area contributed by atoms with Crippen molar-refractivity contribution in [2.45, 2.75) is 32.6 Å². The normalized spacial score (nSPS) is 13.8. The highest BCUT2D eigenvalue weighted by Gasteiger charge is 2.22. The Balaban J connectivity index is 2.09. The first-order chi connectivity index (χ1) is 10.6. The number of carbonyl (C=O) groups is 1. The van der Waals surface area contributed by atoms with Crippen molar-refractivity contribution in [2.75, 3.05) is 10.6 Å². The minimum Gasteiger partial charge on any atom is -0.360 e. The molecule has 1 fully saturated rings. The van der Waals surface area contributed by atoms with Crippen LogP contribution in [0.3, 0.4) is 0 Å². The summed E-state index contributed by atoms with van der Waals surface area (Å²) >= 11 is 0. The van der Waals surface area contributed by atoms with Gasteiger partial charge in [-0.25, -0.2) is 0 Å². The number of hydrogen-bond acceptors (Lipinski definition) is 4. The summed E-state index contributed by atoms with van der Waals surface area (Å²) in [5.74, 6) is 0.180. The maximum atomic E-state index is 12.1. The van der Waals surface area contributed by atoms with E-state index in [0.717, 1.165) is 36.9 Å². The molecule has 0 spiro atoms. The van der Waals surface area contributed by atoms with Crippen LogP contribution in [0.4, 0.5) is 11.4 Å². The van der Waals surface area contributed by atoms with Crippen LogP contribution >= 0.6 is 0 Å². The minimum absolute atomic E-state index is 0.000191. The summed E-state index contributed by atoms with van der Waals surface area (Å²) in [6.45, 7) is 1.91. The lowest BCUT2D eigenvalue weighted by molar-refractivity contribution is -0.119. The van der Waals surface area contributed by atoms with Crippen LogP contribution in [0.15, 0.2) is 30.0 Å². The van der Waals surface area contributed by atoms with Gasteiger partial charge in [0.05, 0.1) is 0 Å². The molecule has 1 aromatic rings. The SMILES string of the molecule is Cc1ccc(NC(=O)C2CCCC2)cc1NC=C(C#N)C#N. The Morgan fingerprint density at radius 1 is 1.27 bits per heavy atom. The fourth-order valence-electron chi connectivity index (χ4n) is 2.53. The molecule has 2 N–H and O–H groups in total. The van der Waals surface area contributed by atoms with Gasteiger partial charge in [-0.05, 0) is 37.5 Å². The summed E-state index contributed by atoms with van der Waals surface area (Å²) in [5.41, 5.74) is 2.44. The van der Waals surface area contributed by atoms with Gasteiger partial charge in [0, 0.05) is 23.5 Å². The van der Waals surface area contributed by atoms with E-state index < -0.39 is 0 Å². The molecule has 0 unspecified atom stereocenters. The quantitative estimate of drug-likeness (QED) is 0.832. The second kappa shape index (κ2) is 7.28. The average molecular weight is 294 g/mol. The van der Waals surface area contributed by atoms with Crippen molar-refractivity contribution in [3.05, 3.63) is 35.5 Å². The number of carbonyl (C=O) groups excluding carboxylic acids is 1. The molecule has 0 saturated heterocycles. The first kappa shape index (κ1) is 15.6. The Morgan fingerprint density at radius 3 is 2.59 bits per heavy atom. The number of nitriles is 2. The zero-order chi connectivity index (χ0) is 15.9. The van der Waals surface area contributed by atoms with E-state index in [0.29, 0.717) is 5.69 Å². The van der Waals surface area contributed by atoms with Crippen LogP contribution < -0.4 is 10.6 Å². The third-order valence-electron chi connectivity index (χ3n) is 3.84. The molecule has 1 aliphatic carbocycles. The topological polar surface area (TPSA) is 88.7 Å². The number of anilines is 2. The van der Waals surface area contributed by atoms with Crippen LogP contribution in [0.5, 0.6) is 0 Å². The van der Waals surface area contributed by atoms with Crippen LogP contribution in [-0.4, -0.2) is 5.91 Å². The van der Waals surface area contributed by atoms with Crippen LogP contribution in [0.1, 0.15) is 31.2 Å². The molecule has 112 valence electrons. The Labute approximate surface area is 130 Å². The molecular weight excluding hydrogens is 276 g/mol. The van der Waals surface area contributed by atoms with E-state index >= 15 is 0 Å². The van der Waals surface area contributed by atoms with Crippen LogP contribution in [0.25, 0.3) is 0 Å². The van der Waals surface area contributed by atoms with Gasteiger partial charge in [0.25, 0.3) is 0 Å². The van der Waals surface area contributed by atoms with Gasteiger partial charge >= 0.3 is 0 Å². The minimum atomic E-state index is -0.000191. The summed E-state index contributed by atoms with van der Waals surface area (Å²) in [5, 5.41) is 23.3. The number of hydrogen-bond donors (Lipinski definition) is 2. The Hall–Kier alpha value is -2.79. The van der Waals surface area contributed by atoms with Gasteiger partial charge in [-0.3, -0.25) is 4.79 Å². The van der Waals surface area contributed by atoms with Crippen LogP contribution in [0, 0.1) is 35.5 Å². The molecule has 5 nitrogen and oxygen atoms in total. The fourth-order valence-corrected chi connectivity index (χ4v) is 2.53. The highest BCUT2D eigenvalue weighted by atomic mass is 16.1. The Bertz CT molecular complexity index is 657. The smallest absolute Gasteiger partial charge is 0.227 e. The van der Waals surface area contributed by atoms with E-state index in [1.54, 1.807) is 12.1 Å². The number of allylic oxidation sites excluding steroid dienone is 1. The van der Waals surface area contributed by atoms with E-state index in [2.05, 4.69) is 10.6 Å². The molecule has 0 atom stereocenters. The number of benzene rings is 1. The van der Waals surface area contributed by atoms with E-state index in [-0.39, 0.29) is 17.4 Å². The molecule has 1 aliphatic rings. The molecule has 1 saturated carbocycles. The predicted molar refractivity (Wildman–Crippen MR) is 84.7 cm³/mol. The number of nitrogens with zero attached hydrogens (tertiary/aromatic N) is 2. The first-order valence-electron chi connectivity index (χ1n) is 7.32. The molecule has 0 aromatic heterocycles. The predicted octanol–water partition coefficient (Wildman–Crippen LogP) is 3.47. The standard InChI is InChI=1S/C17H18N4O/c1-12-6-7-15(21-17(22)14-4-2-3-5-14)8-16(12)20-11-13(9-18)10-19/h6-8,11,14,20H,2-5H2,1H3,(H,21,22). The van der Waals surface area contributed by atoms with Crippen molar-refractivity contribution < 1.29 is 4.79 Å². The van der Waals surface area contributed by atoms with Gasteiger partial charge in [0.2, 0.25) is 5.91 Å². The molecule has 0 bridgehead atoms. The lowest BCUT2D eigenvalue weighted by Gasteiger charge is -2.13. The van der Waals surface area contributed by atoms with Gasteiger partial charge in [-0.1, -0.05) is 18.9 Å². The zero-order valence-electron chi connectivity index (χ0n) is 12.5. The molecule has 1 amide bonds. The monoisotopic (exact) mass is 294 g/mol. The molecule has 0 heterocycles. The van der Waals surface area contributed by atoms with E-state index in [1.807, 2.05) is 25.1 Å². The average Bonchev–Trinajstić information content (AvgIpc) is 3.05. The Morgan fingerprint density at radius 2 is 1.95 bits per heavy atom. The van der Waals surface area contributed by atoms with Gasteiger partial charge < -0.3 is 10.6 Å². The van der Waals surface area contributed by atoms with Crippen molar-refractivity contribution in [3.8, 4) is 12.1 Å². The third kappa shape index (κ3) is 3.86. The van der Waals surface area contributed by atoms with Gasteiger partial charge in [0.1, 0.15) is 17.7 Å². The largest absolute Gasteiger partial charge is 0.360 e. The van der Waals surface area contributed by atoms with Crippen molar-refractivity contribution in [3.63, 3.8) is 0 Å². The van der Waals surface area contributed by atoms with Crippen molar-refractivity contribution in [2.24, 2.45) is 5.92 Å². The second-order valence-electron chi connectivity index (χ2n) is 5.43. The summed E-state index contributed by atoms with van der Waals surface area (Å²) in [6.07, 6.45) is 5.52. The Kier molecular flexibility index (Phi) is 5.16. The summed E-state index contributed by atoms with van der Waals surface area (Å²) in [4.78, 5) is 12.1. The maximum absolute atomic E-state index is 12.1. The van der Waals surface area contributed by atoms with Crippen molar-refractivity contribution >= 4 is 17.3 Å². The number of amides is 1. The third-order valence-corrected chi connectivity index (χ3v) is 3.84. The lowest BCUT2D eigenvalue weighted by atomic mass is 10.1. The molecular formula is C17H18N4O. The van der Waals surface area contributed by atoms with Gasteiger partial charge in [-0.2, -0.15) is 10.5 Å². The summed E-state index contributed by atoms with van der Waals surface area (Å²) in [7, 11) is 0. The number of aryl methyl sites for hydroxylation is 1. The molecule has 1 aromatic carbocycles. The zero-order valence-corrected chi connectivity index (χ0v) is 12.5. The van der Waals surface area contributed by atoms with E-state index in [9.17, 15) is 4.79 Å². The molecule has 0 radical (unpaired) electrons. The summed E-state index contributed by atoms with van der Waals surface area (Å²) < 4.78 is 0. The lowest BCUT2D eigenvalue weighted by Crippen LogP contribution is -2.20. The highest BCUT2D eigenvalue weighted by Crippen LogP contribution is 2.27. The number of rotatable bonds is 4. The second-order valence-corrected chi connectivity index (χ2v) is 5.43. The molecule has 5 heteroatoms. The first-order valence-corrected chi connectivity index (χ1v) is 7.32. The molecule has 22 heavy (non-hydrogen) atoms. The van der Waals surface area contributed by atoms with Crippen molar-refractivity contribution in [1.29, 1.82) is 10.5 Å². The highest BCUT2D eigenvalue weighted by molar-refractivity contribution is 5.93. The van der Waals surface area contributed by atoms with E-state index in [4.69, 9.17) is 10.5 Å². The van der Waals surface area contributed by atoms with E-state index in [1.165, 1.54) is 6.20 Å². The van der Waals surface area contributed by atoms with Crippen molar-refractivity contribution in [1.82, 2.24) is 0 Å². The summed E-state index contributed by atoms with van der Waals surface area (Å²) in [6, 6.07) is 9.14.